The Bertz CT molecular complexity index is 710. The van der Waals surface area contributed by atoms with Crippen LogP contribution in [-0.4, -0.2) is 16.8 Å². The van der Waals surface area contributed by atoms with Crippen molar-refractivity contribution in [1.82, 2.24) is 15.1 Å². The Balaban J connectivity index is 2.64. The number of benzene rings is 1. The van der Waals surface area contributed by atoms with Crippen molar-refractivity contribution in [3.05, 3.63) is 72.8 Å². The molecule has 1 heterocycles. The molecule has 0 aliphatic rings. The third-order valence-corrected chi connectivity index (χ3v) is 3.20. The van der Waals surface area contributed by atoms with Gasteiger partial charge < -0.3 is 16.4 Å². The third kappa shape index (κ3) is 3.03. The average molecular weight is 295 g/mol. The van der Waals surface area contributed by atoms with Gasteiger partial charge in [0.25, 0.3) is 0 Å². The molecular weight excluding hydrogens is 274 g/mol. The zero-order valence-corrected chi connectivity index (χ0v) is 12.9. The molecule has 0 saturated carbocycles. The zero-order chi connectivity index (χ0) is 16.1. The van der Waals surface area contributed by atoms with Crippen molar-refractivity contribution in [3.8, 4) is 5.69 Å². The van der Waals surface area contributed by atoms with E-state index in [9.17, 15) is 0 Å². The summed E-state index contributed by atoms with van der Waals surface area (Å²) in [5.41, 5.74) is 9.36. The van der Waals surface area contributed by atoms with Crippen molar-refractivity contribution in [2.24, 2.45) is 5.73 Å². The molecule has 5 nitrogen and oxygen atoms in total. The van der Waals surface area contributed by atoms with E-state index < -0.39 is 0 Å². The van der Waals surface area contributed by atoms with Crippen molar-refractivity contribution in [3.63, 3.8) is 0 Å². The SMILES string of the molecule is C=C/C(=C\NC)c1nn(-c2ccccc2)c(NC(=C)N)c1C. The highest BCUT2D eigenvalue weighted by Gasteiger charge is 2.17. The summed E-state index contributed by atoms with van der Waals surface area (Å²) < 4.78 is 1.82. The van der Waals surface area contributed by atoms with E-state index in [2.05, 4.69) is 23.8 Å². The Morgan fingerprint density at radius 3 is 2.55 bits per heavy atom. The summed E-state index contributed by atoms with van der Waals surface area (Å²) in [5.74, 6) is 1.15. The van der Waals surface area contributed by atoms with Crippen LogP contribution in [0.25, 0.3) is 11.3 Å². The highest BCUT2D eigenvalue weighted by Crippen LogP contribution is 2.28. The summed E-state index contributed by atoms with van der Waals surface area (Å²) in [5, 5.41) is 10.8. The summed E-state index contributed by atoms with van der Waals surface area (Å²) in [6, 6.07) is 9.85. The van der Waals surface area contributed by atoms with Gasteiger partial charge in [-0.3, -0.25) is 0 Å². The van der Waals surface area contributed by atoms with Crippen LogP contribution in [-0.2, 0) is 0 Å². The molecule has 5 heteroatoms. The summed E-state index contributed by atoms with van der Waals surface area (Å²) in [4.78, 5) is 0. The molecule has 0 unspecified atom stereocenters. The molecule has 1 aromatic heterocycles. The van der Waals surface area contributed by atoms with Gasteiger partial charge in [0.05, 0.1) is 17.2 Å². The molecule has 2 aromatic rings. The van der Waals surface area contributed by atoms with Crippen LogP contribution in [0, 0.1) is 6.92 Å². The monoisotopic (exact) mass is 295 g/mol. The van der Waals surface area contributed by atoms with Gasteiger partial charge >= 0.3 is 0 Å². The second kappa shape index (κ2) is 6.67. The van der Waals surface area contributed by atoms with Crippen molar-refractivity contribution >= 4 is 11.4 Å². The lowest BCUT2D eigenvalue weighted by Gasteiger charge is -2.10. The van der Waals surface area contributed by atoms with Crippen LogP contribution < -0.4 is 16.4 Å². The Kier molecular flexibility index (Phi) is 4.68. The maximum absolute atomic E-state index is 5.72. The molecule has 0 bridgehead atoms. The summed E-state index contributed by atoms with van der Waals surface area (Å²) >= 11 is 0. The van der Waals surface area contributed by atoms with Crippen LogP contribution >= 0.6 is 0 Å². The predicted molar refractivity (Wildman–Crippen MR) is 92.5 cm³/mol. The van der Waals surface area contributed by atoms with Crippen molar-refractivity contribution in [2.75, 3.05) is 12.4 Å². The second-order valence-corrected chi connectivity index (χ2v) is 4.81. The largest absolute Gasteiger partial charge is 0.393 e. The Morgan fingerprint density at radius 2 is 2.00 bits per heavy atom. The normalized spacial score (nSPS) is 11.1. The predicted octanol–water partition coefficient (Wildman–Crippen LogP) is 2.77. The van der Waals surface area contributed by atoms with Crippen molar-refractivity contribution in [2.45, 2.75) is 6.92 Å². The number of nitrogens with one attached hydrogen (secondary N) is 2. The van der Waals surface area contributed by atoms with E-state index >= 15 is 0 Å². The van der Waals surface area contributed by atoms with E-state index in [1.165, 1.54) is 0 Å². The number of nitrogens with zero attached hydrogens (tertiary/aromatic N) is 2. The first-order chi connectivity index (χ1) is 10.6. The van der Waals surface area contributed by atoms with E-state index in [0.29, 0.717) is 5.82 Å². The quantitative estimate of drug-likeness (QED) is 0.717. The van der Waals surface area contributed by atoms with Crippen LogP contribution in [0.3, 0.4) is 0 Å². The van der Waals surface area contributed by atoms with Gasteiger partial charge in [-0.1, -0.05) is 37.4 Å². The summed E-state index contributed by atoms with van der Waals surface area (Å²) in [7, 11) is 1.84. The lowest BCUT2D eigenvalue weighted by molar-refractivity contribution is 0.877. The van der Waals surface area contributed by atoms with Gasteiger partial charge in [0.2, 0.25) is 0 Å². The first-order valence-electron chi connectivity index (χ1n) is 6.95. The van der Waals surface area contributed by atoms with E-state index in [4.69, 9.17) is 10.8 Å². The van der Waals surface area contributed by atoms with E-state index in [1.54, 1.807) is 6.08 Å². The molecule has 1 aromatic carbocycles. The van der Waals surface area contributed by atoms with Crippen LogP contribution in [0.1, 0.15) is 11.3 Å². The molecule has 22 heavy (non-hydrogen) atoms. The molecule has 0 aliphatic heterocycles. The molecule has 0 amide bonds. The fourth-order valence-corrected chi connectivity index (χ4v) is 2.20. The second-order valence-electron chi connectivity index (χ2n) is 4.81. The minimum Gasteiger partial charge on any atom is -0.393 e. The van der Waals surface area contributed by atoms with Gasteiger partial charge in [0.15, 0.2) is 0 Å². The smallest absolute Gasteiger partial charge is 0.138 e. The molecule has 0 spiro atoms. The molecule has 0 atom stereocenters. The maximum Gasteiger partial charge on any atom is 0.138 e. The standard InChI is InChI=1S/C17H21N5/c1-5-14(11-19-4)16-12(2)17(20-13(3)18)22(21-16)15-9-7-6-8-10-15/h5-11,19-20H,1,3,18H2,2,4H3/b14-11+. The molecule has 4 N–H and O–H groups in total. The topological polar surface area (TPSA) is 67.9 Å². The van der Waals surface area contributed by atoms with Crippen LogP contribution in [0.5, 0.6) is 0 Å². The van der Waals surface area contributed by atoms with E-state index in [-0.39, 0.29) is 0 Å². The van der Waals surface area contributed by atoms with E-state index in [1.807, 2.05) is 55.2 Å². The van der Waals surface area contributed by atoms with Gasteiger partial charge in [-0.2, -0.15) is 5.10 Å². The zero-order valence-electron chi connectivity index (χ0n) is 12.9. The Morgan fingerprint density at radius 1 is 1.32 bits per heavy atom. The van der Waals surface area contributed by atoms with Crippen LogP contribution in [0.4, 0.5) is 5.82 Å². The van der Waals surface area contributed by atoms with Crippen LogP contribution in [0.2, 0.25) is 0 Å². The van der Waals surface area contributed by atoms with E-state index in [0.717, 1.165) is 28.3 Å². The number of para-hydroxylation sites is 1. The lowest BCUT2D eigenvalue weighted by Crippen LogP contribution is -2.11. The van der Waals surface area contributed by atoms with Crippen LogP contribution in [0.15, 0.2) is 61.6 Å². The number of nitrogens with two attached hydrogens (primary N) is 1. The highest BCUT2D eigenvalue weighted by atomic mass is 15.3. The lowest BCUT2D eigenvalue weighted by atomic mass is 10.1. The minimum atomic E-state index is 0.365. The molecule has 2 rings (SSSR count). The highest BCUT2D eigenvalue weighted by molar-refractivity contribution is 5.76. The average Bonchev–Trinajstić information content (AvgIpc) is 2.82. The van der Waals surface area contributed by atoms with Gasteiger partial charge in [-0.25, -0.2) is 4.68 Å². The number of rotatable bonds is 6. The fourth-order valence-electron chi connectivity index (χ4n) is 2.20. The first-order valence-corrected chi connectivity index (χ1v) is 6.95. The number of aromatic nitrogens is 2. The van der Waals surface area contributed by atoms with Crippen molar-refractivity contribution in [1.29, 1.82) is 0 Å². The van der Waals surface area contributed by atoms with Gasteiger partial charge in [-0.05, 0) is 19.1 Å². The molecule has 0 saturated heterocycles. The molecule has 0 aliphatic carbocycles. The Labute approximate surface area is 130 Å². The number of hydrogen-bond donors (Lipinski definition) is 3. The molecule has 114 valence electrons. The maximum atomic E-state index is 5.72. The minimum absolute atomic E-state index is 0.365. The number of anilines is 1. The first kappa shape index (κ1) is 15.4. The number of hydrogen-bond acceptors (Lipinski definition) is 4. The molecule has 0 radical (unpaired) electrons. The summed E-state index contributed by atoms with van der Waals surface area (Å²) in [6.45, 7) is 9.55. The van der Waals surface area contributed by atoms with Gasteiger partial charge in [0, 0.05) is 24.4 Å². The van der Waals surface area contributed by atoms with Crippen molar-refractivity contribution < 1.29 is 0 Å². The summed E-state index contributed by atoms with van der Waals surface area (Å²) in [6.07, 6.45) is 3.63. The molecular formula is C17H21N5. The Hall–Kier alpha value is -2.95. The number of allylic oxidation sites excluding steroid dienone is 2. The van der Waals surface area contributed by atoms with Gasteiger partial charge in [-0.15, -0.1) is 0 Å². The fraction of sp³-hybridized carbons (Fsp3) is 0.118. The third-order valence-electron chi connectivity index (χ3n) is 3.20. The molecule has 0 fully saturated rings. The van der Waals surface area contributed by atoms with Gasteiger partial charge in [0.1, 0.15) is 5.82 Å².